The van der Waals surface area contributed by atoms with Gasteiger partial charge in [0.05, 0.1) is 0 Å². The first-order valence-electron chi connectivity index (χ1n) is 10.1. The van der Waals surface area contributed by atoms with Gasteiger partial charge in [0.2, 0.25) is 0 Å². The smallest absolute Gasteiger partial charge is 0.417 e. The van der Waals surface area contributed by atoms with Crippen molar-refractivity contribution >= 4 is 6.09 Å². The number of ether oxygens (including phenoxy) is 1. The van der Waals surface area contributed by atoms with Gasteiger partial charge in [-0.1, -0.05) is 48.5 Å². The molecule has 0 atom stereocenters. The van der Waals surface area contributed by atoms with Crippen LogP contribution in [0.2, 0.25) is 0 Å². The molecule has 1 amide bonds. The number of aliphatic hydroxyl groups is 1. The Morgan fingerprint density at radius 1 is 1.03 bits per heavy atom. The molecule has 3 aliphatic rings. The molecule has 0 aliphatic heterocycles. The molecule has 0 unspecified atom stereocenters. The van der Waals surface area contributed by atoms with E-state index in [0.29, 0.717) is 12.8 Å². The van der Waals surface area contributed by atoms with Crippen molar-refractivity contribution in [3.05, 3.63) is 59.7 Å². The number of benzene rings is 2. The second-order valence-electron chi connectivity index (χ2n) is 8.96. The van der Waals surface area contributed by atoms with E-state index < -0.39 is 23.3 Å². The van der Waals surface area contributed by atoms with E-state index in [1.165, 1.54) is 0 Å². The number of hydrogen-bond donors (Lipinski definition) is 2. The molecule has 0 saturated heterocycles. The molecule has 158 valence electrons. The van der Waals surface area contributed by atoms with Crippen LogP contribution in [-0.2, 0) is 4.74 Å². The molecular weight excluding hydrogens is 395 g/mol. The van der Waals surface area contributed by atoms with Crippen molar-refractivity contribution in [2.75, 3.05) is 6.61 Å². The quantitative estimate of drug-likeness (QED) is 0.757. The highest BCUT2D eigenvalue weighted by atomic mass is 19.4. The highest BCUT2D eigenvalue weighted by Gasteiger charge is 2.69. The Hall–Kier alpha value is -2.54. The first-order valence-corrected chi connectivity index (χ1v) is 10.1. The molecule has 4 nitrogen and oxygen atoms in total. The molecular formula is C23H22F3NO3. The molecule has 7 heteroatoms. The number of carbonyl (C=O) groups excluding carboxylic acids is 1. The molecule has 2 saturated carbocycles. The number of amides is 1. The highest BCUT2D eigenvalue weighted by Crippen LogP contribution is 2.64. The number of rotatable bonds is 3. The number of nitrogens with one attached hydrogen (secondary N) is 1. The van der Waals surface area contributed by atoms with E-state index in [2.05, 4.69) is 17.4 Å². The summed E-state index contributed by atoms with van der Waals surface area (Å²) in [5, 5.41) is 12.4. The van der Waals surface area contributed by atoms with Crippen LogP contribution >= 0.6 is 0 Å². The van der Waals surface area contributed by atoms with E-state index >= 15 is 0 Å². The lowest BCUT2D eigenvalue weighted by atomic mass is 9.48. The fourth-order valence-corrected chi connectivity index (χ4v) is 5.57. The fraction of sp³-hybridized carbons (Fsp3) is 0.435. The zero-order valence-electron chi connectivity index (χ0n) is 16.2. The summed E-state index contributed by atoms with van der Waals surface area (Å²) in [6, 6.07) is 15.9. The van der Waals surface area contributed by atoms with E-state index in [9.17, 15) is 23.1 Å². The Morgan fingerprint density at radius 2 is 1.57 bits per heavy atom. The Bertz CT molecular complexity index is 944. The minimum Gasteiger partial charge on any atom is -0.449 e. The third kappa shape index (κ3) is 2.98. The standard InChI is InChI=1S/C23H22F3NO3/c24-23(25,26)22(29)12-21(13-22)9-14(10-21)27-20(28)30-11-19-17-7-3-1-5-15(17)16-6-2-4-8-18(16)19/h1-8,14,19,29H,9-13H2,(H,27,28). The first kappa shape index (κ1) is 19.4. The summed E-state index contributed by atoms with van der Waals surface area (Å²) in [6.45, 7) is 0.200. The molecule has 5 rings (SSSR count). The van der Waals surface area contributed by atoms with Gasteiger partial charge in [0, 0.05) is 12.0 Å². The lowest BCUT2D eigenvalue weighted by Gasteiger charge is -2.61. The van der Waals surface area contributed by atoms with Gasteiger partial charge >= 0.3 is 12.3 Å². The van der Waals surface area contributed by atoms with Gasteiger partial charge in [-0.05, 0) is 53.4 Å². The second-order valence-corrected chi connectivity index (χ2v) is 8.96. The summed E-state index contributed by atoms with van der Waals surface area (Å²) in [6.07, 6.45) is -4.84. The van der Waals surface area contributed by atoms with Gasteiger partial charge in [-0.3, -0.25) is 0 Å². The van der Waals surface area contributed by atoms with Crippen LogP contribution in [0.5, 0.6) is 0 Å². The predicted octanol–water partition coefficient (Wildman–Crippen LogP) is 4.76. The maximum Gasteiger partial charge on any atom is 0.417 e. The van der Waals surface area contributed by atoms with E-state index in [1.54, 1.807) is 0 Å². The molecule has 3 aliphatic carbocycles. The van der Waals surface area contributed by atoms with Crippen molar-refractivity contribution in [3.63, 3.8) is 0 Å². The fourth-order valence-electron chi connectivity index (χ4n) is 5.57. The van der Waals surface area contributed by atoms with E-state index in [4.69, 9.17) is 4.74 Å². The molecule has 0 aromatic heterocycles. The zero-order chi connectivity index (χ0) is 21.1. The van der Waals surface area contributed by atoms with Crippen LogP contribution in [0.15, 0.2) is 48.5 Å². The molecule has 2 aromatic rings. The monoisotopic (exact) mass is 417 g/mol. The van der Waals surface area contributed by atoms with Gasteiger partial charge in [-0.2, -0.15) is 13.2 Å². The van der Waals surface area contributed by atoms with Crippen molar-refractivity contribution in [1.82, 2.24) is 5.32 Å². The van der Waals surface area contributed by atoms with E-state index in [0.717, 1.165) is 22.3 Å². The molecule has 30 heavy (non-hydrogen) atoms. The van der Waals surface area contributed by atoms with Crippen molar-refractivity contribution in [2.24, 2.45) is 5.41 Å². The van der Waals surface area contributed by atoms with Gasteiger partial charge in [0.1, 0.15) is 6.61 Å². The van der Waals surface area contributed by atoms with Gasteiger partial charge < -0.3 is 15.2 Å². The molecule has 0 heterocycles. The topological polar surface area (TPSA) is 58.6 Å². The van der Waals surface area contributed by atoms with Crippen molar-refractivity contribution in [3.8, 4) is 11.1 Å². The van der Waals surface area contributed by atoms with Crippen LogP contribution < -0.4 is 5.32 Å². The largest absolute Gasteiger partial charge is 0.449 e. The Balaban J connectivity index is 1.15. The summed E-state index contributed by atoms with van der Waals surface area (Å²) in [4.78, 5) is 12.3. The molecule has 2 N–H and O–H groups in total. The SMILES string of the molecule is O=C(NC1CC2(C1)CC(O)(C(F)(F)F)C2)OCC1c2ccccc2-c2ccccc21. The highest BCUT2D eigenvalue weighted by molar-refractivity contribution is 5.79. The summed E-state index contributed by atoms with van der Waals surface area (Å²) in [7, 11) is 0. The minimum absolute atomic E-state index is 0.0377. The van der Waals surface area contributed by atoms with Crippen molar-refractivity contribution in [2.45, 2.75) is 49.4 Å². The molecule has 2 fully saturated rings. The average molecular weight is 417 g/mol. The zero-order valence-corrected chi connectivity index (χ0v) is 16.2. The average Bonchev–Trinajstić information content (AvgIpc) is 2.96. The van der Waals surface area contributed by atoms with Crippen LogP contribution in [0.25, 0.3) is 11.1 Å². The predicted molar refractivity (Wildman–Crippen MR) is 104 cm³/mol. The number of halogens is 3. The van der Waals surface area contributed by atoms with Crippen LogP contribution in [0.1, 0.15) is 42.7 Å². The second kappa shape index (κ2) is 6.48. The van der Waals surface area contributed by atoms with Crippen LogP contribution in [-0.4, -0.2) is 35.6 Å². The molecule has 2 aromatic carbocycles. The van der Waals surface area contributed by atoms with Gasteiger partial charge in [-0.15, -0.1) is 0 Å². The number of alkyl halides is 3. The Labute approximate surface area is 172 Å². The van der Waals surface area contributed by atoms with Gasteiger partial charge in [0.15, 0.2) is 5.60 Å². The Morgan fingerprint density at radius 3 is 2.10 bits per heavy atom. The van der Waals surface area contributed by atoms with Gasteiger partial charge in [0.25, 0.3) is 0 Å². The summed E-state index contributed by atoms with van der Waals surface area (Å²) in [5.74, 6) is -0.0377. The number of carbonyl (C=O) groups is 1. The van der Waals surface area contributed by atoms with Crippen LogP contribution in [0, 0.1) is 5.41 Å². The normalized spacial score (nSPS) is 29.5. The number of hydrogen-bond acceptors (Lipinski definition) is 3. The minimum atomic E-state index is -4.59. The number of fused-ring (bicyclic) bond motifs is 3. The molecule has 0 radical (unpaired) electrons. The van der Waals surface area contributed by atoms with Crippen molar-refractivity contribution < 1.29 is 27.8 Å². The van der Waals surface area contributed by atoms with Gasteiger partial charge in [-0.25, -0.2) is 4.79 Å². The third-order valence-corrected chi connectivity index (χ3v) is 6.89. The first-order chi connectivity index (χ1) is 14.2. The Kier molecular flexibility index (Phi) is 4.19. The maximum absolute atomic E-state index is 12.8. The number of alkyl carbamates (subject to hydrolysis) is 1. The lowest BCUT2D eigenvalue weighted by Crippen LogP contribution is -2.67. The lowest BCUT2D eigenvalue weighted by molar-refractivity contribution is -0.328. The summed E-state index contributed by atoms with van der Waals surface area (Å²) >= 11 is 0. The summed E-state index contributed by atoms with van der Waals surface area (Å²) < 4.78 is 43.9. The summed E-state index contributed by atoms with van der Waals surface area (Å²) in [5.41, 5.74) is 1.45. The molecule has 0 bridgehead atoms. The third-order valence-electron chi connectivity index (χ3n) is 6.89. The van der Waals surface area contributed by atoms with Crippen LogP contribution in [0.3, 0.4) is 0 Å². The molecule has 1 spiro atoms. The van der Waals surface area contributed by atoms with E-state index in [-0.39, 0.29) is 31.4 Å². The van der Waals surface area contributed by atoms with E-state index in [1.807, 2.05) is 36.4 Å². The maximum atomic E-state index is 12.8. The van der Waals surface area contributed by atoms with Crippen molar-refractivity contribution in [1.29, 1.82) is 0 Å². The van der Waals surface area contributed by atoms with Crippen LogP contribution in [0.4, 0.5) is 18.0 Å².